The van der Waals surface area contributed by atoms with Crippen molar-refractivity contribution in [2.75, 3.05) is 0 Å². The molecule has 0 heterocycles. The van der Waals surface area contributed by atoms with E-state index in [9.17, 15) is 0 Å². The van der Waals surface area contributed by atoms with Crippen molar-refractivity contribution in [3.8, 4) is 0 Å². The summed E-state index contributed by atoms with van der Waals surface area (Å²) in [5.41, 5.74) is 7.82. The molecule has 0 saturated carbocycles. The predicted octanol–water partition coefficient (Wildman–Crippen LogP) is 5.21. The summed E-state index contributed by atoms with van der Waals surface area (Å²) in [5.74, 6) is 0. The molecule has 0 saturated heterocycles. The van der Waals surface area contributed by atoms with Gasteiger partial charge >= 0.3 is 0 Å². The molecule has 0 atom stereocenters. The summed E-state index contributed by atoms with van der Waals surface area (Å²) in [6, 6.07) is 2.34. The normalized spacial score (nSPS) is 13.0. The van der Waals surface area contributed by atoms with Gasteiger partial charge in [-0.1, -0.05) is 47.6 Å². The molecule has 1 rings (SSSR count). The van der Waals surface area contributed by atoms with E-state index < -0.39 is 0 Å². The van der Waals surface area contributed by atoms with Crippen LogP contribution in [0.3, 0.4) is 0 Å². The van der Waals surface area contributed by atoms with Crippen LogP contribution in [0.4, 0.5) is 0 Å². The average Bonchev–Trinajstić information content (AvgIpc) is 2.06. The van der Waals surface area contributed by atoms with Crippen molar-refractivity contribution < 1.29 is 0 Å². The maximum atomic E-state index is 2.34. The Balaban J connectivity index is 3.76. The molecule has 0 aliphatic carbocycles. The summed E-state index contributed by atoms with van der Waals surface area (Å²) in [5, 5.41) is 0. The molecule has 0 heteroatoms. The molecule has 0 fully saturated rings. The van der Waals surface area contributed by atoms with Crippen LogP contribution < -0.4 is 0 Å². The fourth-order valence-corrected chi connectivity index (χ4v) is 2.99. The minimum absolute atomic E-state index is 0.212. The van der Waals surface area contributed by atoms with Gasteiger partial charge in [-0.15, -0.1) is 0 Å². The molecule has 96 valence electrons. The third kappa shape index (κ3) is 2.73. The molecule has 0 nitrogen and oxygen atoms in total. The Kier molecular flexibility index (Phi) is 3.49. The Hall–Kier alpha value is -0.780. The molecule has 0 aliphatic heterocycles. The number of aryl methyl sites for hydroxylation is 2. The van der Waals surface area contributed by atoms with Gasteiger partial charge in [0.05, 0.1) is 0 Å². The first-order chi connectivity index (χ1) is 7.46. The number of hydrogen-bond acceptors (Lipinski definition) is 0. The standard InChI is InChI=1S/C17H28/c1-11-10-12(2)14(16(4,5)6)15(13(11)3)17(7,8)9/h10H,1-9H3. The first kappa shape index (κ1) is 14.3. The van der Waals surface area contributed by atoms with Gasteiger partial charge in [0.15, 0.2) is 0 Å². The van der Waals surface area contributed by atoms with Crippen LogP contribution in [0.25, 0.3) is 0 Å². The minimum Gasteiger partial charge on any atom is -0.0561 e. The second-order valence-corrected chi connectivity index (χ2v) is 7.39. The van der Waals surface area contributed by atoms with E-state index in [0.717, 1.165) is 0 Å². The second-order valence-electron chi connectivity index (χ2n) is 7.39. The summed E-state index contributed by atoms with van der Waals surface area (Å²) < 4.78 is 0. The molecular weight excluding hydrogens is 204 g/mol. The predicted molar refractivity (Wildman–Crippen MR) is 78.1 cm³/mol. The van der Waals surface area contributed by atoms with E-state index >= 15 is 0 Å². The second kappa shape index (κ2) is 4.15. The molecule has 0 aromatic heterocycles. The molecular formula is C17H28. The fourth-order valence-electron chi connectivity index (χ4n) is 2.99. The first-order valence-electron chi connectivity index (χ1n) is 6.58. The zero-order chi connectivity index (χ0) is 13.6. The maximum absolute atomic E-state index is 2.34. The van der Waals surface area contributed by atoms with Gasteiger partial charge in [0.25, 0.3) is 0 Å². The number of rotatable bonds is 0. The van der Waals surface area contributed by atoms with E-state index in [4.69, 9.17) is 0 Å². The topological polar surface area (TPSA) is 0 Å². The van der Waals surface area contributed by atoms with E-state index in [0.29, 0.717) is 0 Å². The molecule has 0 aliphatic rings. The van der Waals surface area contributed by atoms with Crippen molar-refractivity contribution in [1.82, 2.24) is 0 Å². The lowest BCUT2D eigenvalue weighted by molar-refractivity contribution is 0.523. The van der Waals surface area contributed by atoms with E-state index in [2.05, 4.69) is 68.4 Å². The van der Waals surface area contributed by atoms with Gasteiger partial charge < -0.3 is 0 Å². The molecule has 0 spiro atoms. The summed E-state index contributed by atoms with van der Waals surface area (Å²) >= 11 is 0. The third-order valence-corrected chi connectivity index (χ3v) is 3.54. The minimum atomic E-state index is 0.212. The van der Waals surface area contributed by atoms with Crippen molar-refractivity contribution in [3.05, 3.63) is 33.9 Å². The third-order valence-electron chi connectivity index (χ3n) is 3.54. The van der Waals surface area contributed by atoms with Crippen LogP contribution in [0.5, 0.6) is 0 Å². The van der Waals surface area contributed by atoms with Crippen LogP contribution >= 0.6 is 0 Å². The Labute approximate surface area is 107 Å². The summed E-state index contributed by atoms with van der Waals surface area (Å²) in [4.78, 5) is 0. The van der Waals surface area contributed by atoms with Gasteiger partial charge in [-0.3, -0.25) is 0 Å². The molecule has 0 radical (unpaired) electrons. The molecule has 17 heavy (non-hydrogen) atoms. The Morgan fingerprint density at radius 3 is 1.41 bits per heavy atom. The Morgan fingerprint density at radius 1 is 0.647 bits per heavy atom. The molecule has 1 aromatic carbocycles. The average molecular weight is 232 g/mol. The molecule has 0 N–H and O–H groups in total. The highest BCUT2D eigenvalue weighted by Gasteiger charge is 2.28. The van der Waals surface area contributed by atoms with Crippen molar-refractivity contribution in [1.29, 1.82) is 0 Å². The summed E-state index contributed by atoms with van der Waals surface area (Å²) in [7, 11) is 0. The van der Waals surface area contributed by atoms with Crippen molar-refractivity contribution in [2.24, 2.45) is 0 Å². The van der Waals surface area contributed by atoms with Crippen molar-refractivity contribution in [2.45, 2.75) is 73.1 Å². The first-order valence-corrected chi connectivity index (χ1v) is 6.58. The van der Waals surface area contributed by atoms with Gasteiger partial charge in [-0.05, 0) is 59.4 Å². The van der Waals surface area contributed by atoms with Gasteiger partial charge in [-0.2, -0.15) is 0 Å². The highest BCUT2D eigenvalue weighted by atomic mass is 14.3. The highest BCUT2D eigenvalue weighted by Crippen LogP contribution is 2.39. The lowest BCUT2D eigenvalue weighted by Gasteiger charge is -2.34. The smallest absolute Gasteiger partial charge is 0.0126 e. The van der Waals surface area contributed by atoms with Crippen LogP contribution in [-0.2, 0) is 10.8 Å². The Bertz CT molecular complexity index is 423. The van der Waals surface area contributed by atoms with Crippen LogP contribution in [0.15, 0.2) is 6.07 Å². The lowest BCUT2D eigenvalue weighted by Crippen LogP contribution is -2.25. The van der Waals surface area contributed by atoms with Gasteiger partial charge in [0.2, 0.25) is 0 Å². The maximum Gasteiger partial charge on any atom is -0.0126 e. The summed E-state index contributed by atoms with van der Waals surface area (Å²) in [6.45, 7) is 20.7. The molecule has 0 amide bonds. The zero-order valence-corrected chi connectivity index (χ0v) is 13.1. The molecule has 0 bridgehead atoms. The highest BCUT2D eigenvalue weighted by molar-refractivity contribution is 5.50. The number of benzene rings is 1. The van der Waals surface area contributed by atoms with E-state index in [1.54, 1.807) is 5.56 Å². The largest absolute Gasteiger partial charge is 0.0561 e. The van der Waals surface area contributed by atoms with E-state index in [-0.39, 0.29) is 10.8 Å². The van der Waals surface area contributed by atoms with Crippen molar-refractivity contribution >= 4 is 0 Å². The van der Waals surface area contributed by atoms with Crippen LogP contribution in [0.1, 0.15) is 69.4 Å². The SMILES string of the molecule is Cc1cc(C)c(C(C)(C)C)c(C(C)(C)C)c1C. The van der Waals surface area contributed by atoms with Gasteiger partial charge in [-0.25, -0.2) is 0 Å². The Morgan fingerprint density at radius 2 is 1.06 bits per heavy atom. The van der Waals surface area contributed by atoms with Crippen LogP contribution in [-0.4, -0.2) is 0 Å². The quantitative estimate of drug-likeness (QED) is 0.576. The van der Waals surface area contributed by atoms with Crippen LogP contribution in [0, 0.1) is 20.8 Å². The van der Waals surface area contributed by atoms with Crippen molar-refractivity contribution in [3.63, 3.8) is 0 Å². The summed E-state index contributed by atoms with van der Waals surface area (Å²) in [6.07, 6.45) is 0. The van der Waals surface area contributed by atoms with E-state index in [1.165, 1.54) is 22.3 Å². The lowest BCUT2D eigenvalue weighted by atomic mass is 9.71. The molecule has 1 aromatic rings. The van der Waals surface area contributed by atoms with Gasteiger partial charge in [0, 0.05) is 0 Å². The van der Waals surface area contributed by atoms with Crippen LogP contribution in [0.2, 0.25) is 0 Å². The van der Waals surface area contributed by atoms with E-state index in [1.807, 2.05) is 0 Å². The number of hydrogen-bond donors (Lipinski definition) is 0. The fraction of sp³-hybridized carbons (Fsp3) is 0.647. The van der Waals surface area contributed by atoms with Gasteiger partial charge in [0.1, 0.15) is 0 Å². The molecule has 0 unspecified atom stereocenters. The monoisotopic (exact) mass is 232 g/mol. The zero-order valence-electron chi connectivity index (χ0n) is 13.1.